The molecular formula is C14H19NO4. The van der Waals surface area contributed by atoms with E-state index in [9.17, 15) is 9.59 Å². The summed E-state index contributed by atoms with van der Waals surface area (Å²) in [5.41, 5.74) is 0.544. The number of rotatable bonds is 6. The van der Waals surface area contributed by atoms with Crippen LogP contribution >= 0.6 is 0 Å². The number of hydrogen-bond donors (Lipinski definition) is 0. The first-order valence-electron chi connectivity index (χ1n) is 6.39. The molecule has 104 valence electrons. The van der Waals surface area contributed by atoms with Gasteiger partial charge in [-0.3, -0.25) is 14.5 Å². The van der Waals surface area contributed by atoms with Gasteiger partial charge in [0.15, 0.2) is 5.75 Å². The first-order valence-corrected chi connectivity index (χ1v) is 6.39. The van der Waals surface area contributed by atoms with Crippen LogP contribution in [0.4, 0.5) is 5.69 Å². The van der Waals surface area contributed by atoms with Crippen LogP contribution in [0.25, 0.3) is 0 Å². The fraction of sp³-hybridized carbons (Fsp3) is 0.429. The molecular weight excluding hydrogens is 246 g/mol. The summed E-state index contributed by atoms with van der Waals surface area (Å²) < 4.78 is 0. The van der Waals surface area contributed by atoms with Crippen molar-refractivity contribution in [2.24, 2.45) is 0 Å². The van der Waals surface area contributed by atoms with Gasteiger partial charge in [0.2, 0.25) is 11.8 Å². The van der Waals surface area contributed by atoms with Gasteiger partial charge in [0.25, 0.3) is 0 Å². The van der Waals surface area contributed by atoms with Gasteiger partial charge in [-0.05, 0) is 31.2 Å². The molecule has 0 aliphatic carbocycles. The van der Waals surface area contributed by atoms with Crippen molar-refractivity contribution in [1.29, 1.82) is 0 Å². The van der Waals surface area contributed by atoms with Gasteiger partial charge < -0.3 is 4.89 Å². The summed E-state index contributed by atoms with van der Waals surface area (Å²) in [6, 6.07) is 6.64. The quantitative estimate of drug-likeness (QED) is 0.586. The molecule has 0 saturated carbocycles. The van der Waals surface area contributed by atoms with Gasteiger partial charge in [-0.1, -0.05) is 13.8 Å². The van der Waals surface area contributed by atoms with Crippen molar-refractivity contribution in [2.45, 2.75) is 33.6 Å². The number of benzene rings is 1. The van der Waals surface area contributed by atoms with Gasteiger partial charge in [0.1, 0.15) is 0 Å². The zero-order valence-electron chi connectivity index (χ0n) is 11.5. The standard InChI is InChI=1S/C14H19NO4/c1-4-13(16)15(14(17)5-2)11-7-9-12(10-8-11)19-18-6-3/h7-10H,4-6H2,1-3H3. The minimum Gasteiger partial charge on any atom is -0.338 e. The lowest BCUT2D eigenvalue weighted by Crippen LogP contribution is -2.35. The van der Waals surface area contributed by atoms with Crippen LogP contribution in [0.1, 0.15) is 33.6 Å². The zero-order valence-corrected chi connectivity index (χ0v) is 11.5. The Bertz CT molecular complexity index is 412. The molecule has 0 unspecified atom stereocenters. The molecule has 1 aromatic carbocycles. The Morgan fingerprint density at radius 1 is 1.00 bits per heavy atom. The first kappa shape index (κ1) is 15.2. The molecule has 0 radical (unpaired) electrons. The van der Waals surface area contributed by atoms with E-state index in [1.165, 1.54) is 4.90 Å². The predicted octanol–water partition coefficient (Wildman–Crippen LogP) is 2.70. The molecule has 0 aliphatic rings. The Kier molecular flexibility index (Phi) is 6.02. The van der Waals surface area contributed by atoms with Crippen molar-refractivity contribution in [3.63, 3.8) is 0 Å². The highest BCUT2D eigenvalue weighted by Crippen LogP contribution is 2.21. The number of nitrogens with zero attached hydrogens (tertiary/aromatic N) is 1. The summed E-state index contributed by atoms with van der Waals surface area (Å²) in [4.78, 5) is 34.6. The van der Waals surface area contributed by atoms with Gasteiger partial charge in [-0.15, -0.1) is 0 Å². The van der Waals surface area contributed by atoms with Crippen molar-refractivity contribution in [2.75, 3.05) is 11.5 Å². The summed E-state index contributed by atoms with van der Waals surface area (Å²) in [5, 5.41) is 0. The number of amides is 2. The van der Waals surface area contributed by atoms with Crippen LogP contribution in [-0.2, 0) is 14.5 Å². The first-order chi connectivity index (χ1) is 9.13. The molecule has 2 amide bonds. The highest BCUT2D eigenvalue weighted by Gasteiger charge is 2.20. The number of imide groups is 1. The van der Waals surface area contributed by atoms with Gasteiger partial charge in [0.05, 0.1) is 12.3 Å². The van der Waals surface area contributed by atoms with E-state index in [0.717, 1.165) is 0 Å². The van der Waals surface area contributed by atoms with E-state index < -0.39 is 0 Å². The highest BCUT2D eigenvalue weighted by atomic mass is 17.2. The minimum absolute atomic E-state index is 0.217. The highest BCUT2D eigenvalue weighted by molar-refractivity contribution is 6.14. The van der Waals surface area contributed by atoms with Gasteiger partial charge >= 0.3 is 0 Å². The van der Waals surface area contributed by atoms with Crippen LogP contribution < -0.4 is 9.79 Å². The van der Waals surface area contributed by atoms with Gasteiger partial charge in [-0.25, -0.2) is 0 Å². The van der Waals surface area contributed by atoms with Gasteiger partial charge in [0, 0.05) is 12.8 Å². The summed E-state index contributed by atoms with van der Waals surface area (Å²) in [6.45, 7) is 5.71. The predicted molar refractivity (Wildman–Crippen MR) is 71.8 cm³/mol. The average Bonchev–Trinajstić information content (AvgIpc) is 2.46. The topological polar surface area (TPSA) is 55.8 Å². The molecule has 0 fully saturated rings. The third-order valence-corrected chi connectivity index (χ3v) is 2.47. The van der Waals surface area contributed by atoms with Crippen molar-refractivity contribution in [3.8, 4) is 5.75 Å². The number of carbonyl (C=O) groups is 2. The Morgan fingerprint density at radius 3 is 1.95 bits per heavy atom. The third kappa shape index (κ3) is 4.06. The molecule has 1 aromatic rings. The van der Waals surface area contributed by atoms with Crippen LogP contribution in [-0.4, -0.2) is 18.4 Å². The number of carbonyl (C=O) groups excluding carboxylic acids is 2. The second-order valence-corrected chi connectivity index (χ2v) is 3.81. The Morgan fingerprint density at radius 2 is 1.53 bits per heavy atom. The average molecular weight is 265 g/mol. The SMILES string of the molecule is CCOOc1ccc(N(C(=O)CC)C(=O)CC)cc1. The third-order valence-electron chi connectivity index (χ3n) is 2.47. The molecule has 5 heteroatoms. The lowest BCUT2D eigenvalue weighted by atomic mass is 10.2. The molecule has 0 aliphatic heterocycles. The van der Waals surface area contributed by atoms with Crippen molar-refractivity contribution in [1.82, 2.24) is 0 Å². The van der Waals surface area contributed by atoms with E-state index in [1.807, 2.05) is 6.92 Å². The van der Waals surface area contributed by atoms with Crippen molar-refractivity contribution < 1.29 is 19.4 Å². The summed E-state index contributed by atoms with van der Waals surface area (Å²) in [5.74, 6) is 0.0918. The zero-order chi connectivity index (χ0) is 14.3. The lowest BCUT2D eigenvalue weighted by Gasteiger charge is -2.19. The molecule has 0 N–H and O–H groups in total. The molecule has 5 nitrogen and oxygen atoms in total. The van der Waals surface area contributed by atoms with E-state index in [1.54, 1.807) is 38.1 Å². The summed E-state index contributed by atoms with van der Waals surface area (Å²) >= 11 is 0. The van der Waals surface area contributed by atoms with Gasteiger partial charge in [-0.2, -0.15) is 4.89 Å². The molecule has 1 rings (SSSR count). The van der Waals surface area contributed by atoms with Crippen molar-refractivity contribution >= 4 is 17.5 Å². The molecule has 19 heavy (non-hydrogen) atoms. The van der Waals surface area contributed by atoms with Crippen molar-refractivity contribution in [3.05, 3.63) is 24.3 Å². The van der Waals surface area contributed by atoms with E-state index in [0.29, 0.717) is 18.0 Å². The minimum atomic E-state index is -0.217. The Hall–Kier alpha value is -1.88. The Balaban J connectivity index is 2.91. The van der Waals surface area contributed by atoms with E-state index in [4.69, 9.17) is 9.78 Å². The second-order valence-electron chi connectivity index (χ2n) is 3.81. The van der Waals surface area contributed by atoms with Crippen LogP contribution in [0.2, 0.25) is 0 Å². The van der Waals surface area contributed by atoms with E-state index >= 15 is 0 Å². The lowest BCUT2D eigenvalue weighted by molar-refractivity contribution is -0.202. The van der Waals surface area contributed by atoms with Crippen LogP contribution in [0.15, 0.2) is 24.3 Å². The second kappa shape index (κ2) is 7.53. The molecule has 0 atom stereocenters. The summed E-state index contributed by atoms with van der Waals surface area (Å²) in [6.07, 6.45) is 0.561. The van der Waals surface area contributed by atoms with Crippen LogP contribution in [0.5, 0.6) is 5.75 Å². The summed E-state index contributed by atoms with van der Waals surface area (Å²) in [7, 11) is 0. The van der Waals surface area contributed by atoms with E-state index in [2.05, 4.69) is 0 Å². The van der Waals surface area contributed by atoms with Crippen LogP contribution in [0, 0.1) is 0 Å². The number of anilines is 1. The smallest absolute Gasteiger partial charge is 0.233 e. The molecule has 0 bridgehead atoms. The van der Waals surface area contributed by atoms with Crippen LogP contribution in [0.3, 0.4) is 0 Å². The maximum absolute atomic E-state index is 11.8. The maximum Gasteiger partial charge on any atom is 0.233 e. The molecule has 0 aromatic heterocycles. The van der Waals surface area contributed by atoms with E-state index in [-0.39, 0.29) is 24.7 Å². The normalized spacial score (nSPS) is 10.1. The molecule has 0 spiro atoms. The maximum atomic E-state index is 11.8. The largest absolute Gasteiger partial charge is 0.338 e. The number of hydrogen-bond acceptors (Lipinski definition) is 4. The monoisotopic (exact) mass is 265 g/mol. The fourth-order valence-corrected chi connectivity index (χ4v) is 1.52. The Labute approximate surface area is 113 Å². The molecule has 0 heterocycles. The molecule has 0 saturated heterocycles. The fourth-order valence-electron chi connectivity index (χ4n) is 1.52.